The lowest BCUT2D eigenvalue weighted by Gasteiger charge is -2.22. The molecule has 6 aromatic rings. The zero-order valence-electron chi connectivity index (χ0n) is 23.9. The quantitative estimate of drug-likeness (QED) is 0.209. The van der Waals surface area contributed by atoms with Gasteiger partial charge in [-0.2, -0.15) is 9.97 Å². The predicted molar refractivity (Wildman–Crippen MR) is 174 cm³/mol. The number of aryl methyl sites for hydroxylation is 1. The lowest BCUT2D eigenvalue weighted by atomic mass is 9.81. The van der Waals surface area contributed by atoms with Crippen LogP contribution in [0.2, 0.25) is 5.28 Å². The lowest BCUT2D eigenvalue weighted by Crippen LogP contribution is -2.14. The summed E-state index contributed by atoms with van der Waals surface area (Å²) in [7, 11) is 0. The molecule has 0 bridgehead atoms. The number of benzene rings is 5. The number of fused-ring (bicyclic) bond motifs is 3. The number of rotatable bonds is 5. The lowest BCUT2D eigenvalue weighted by molar-refractivity contribution is 0.660. The molecule has 0 radical (unpaired) electrons. The number of halogens is 1. The molecule has 0 amide bonds. The third-order valence-corrected chi connectivity index (χ3v) is 8.59. The molecule has 4 heteroatoms. The average molecular weight is 564 g/mol. The first-order chi connectivity index (χ1) is 20.4. The molecule has 1 aliphatic rings. The van der Waals surface area contributed by atoms with Crippen molar-refractivity contribution >= 4 is 11.6 Å². The highest BCUT2D eigenvalue weighted by atomic mass is 35.5. The Kier molecular flexibility index (Phi) is 6.48. The molecular formula is C38H30ClN3. The molecule has 0 N–H and O–H groups in total. The summed E-state index contributed by atoms with van der Waals surface area (Å²) >= 11 is 6.51. The normalized spacial score (nSPS) is 13.0. The highest BCUT2D eigenvalue weighted by molar-refractivity contribution is 6.28. The van der Waals surface area contributed by atoms with E-state index in [4.69, 9.17) is 16.6 Å². The van der Waals surface area contributed by atoms with Gasteiger partial charge in [0.2, 0.25) is 5.28 Å². The molecule has 42 heavy (non-hydrogen) atoms. The molecule has 0 saturated carbocycles. The molecule has 0 unspecified atom stereocenters. The van der Waals surface area contributed by atoms with Crippen LogP contribution in [0.15, 0.2) is 115 Å². The van der Waals surface area contributed by atoms with Gasteiger partial charge in [0.25, 0.3) is 0 Å². The van der Waals surface area contributed by atoms with Crippen molar-refractivity contribution < 1.29 is 0 Å². The zero-order chi connectivity index (χ0) is 28.8. The molecular weight excluding hydrogens is 534 g/mol. The minimum Gasteiger partial charge on any atom is -0.208 e. The van der Waals surface area contributed by atoms with E-state index in [1.165, 1.54) is 27.8 Å². The van der Waals surface area contributed by atoms with Crippen LogP contribution in [0.5, 0.6) is 0 Å². The highest BCUT2D eigenvalue weighted by Gasteiger charge is 2.35. The van der Waals surface area contributed by atoms with E-state index in [2.05, 4.69) is 128 Å². The Morgan fingerprint density at radius 2 is 1.17 bits per heavy atom. The molecule has 7 rings (SSSR count). The maximum absolute atomic E-state index is 6.51. The summed E-state index contributed by atoms with van der Waals surface area (Å²) in [6, 6.07) is 40.9. The Morgan fingerprint density at radius 1 is 0.524 bits per heavy atom. The van der Waals surface area contributed by atoms with E-state index in [1.54, 1.807) is 0 Å². The van der Waals surface area contributed by atoms with Crippen molar-refractivity contribution in [2.24, 2.45) is 0 Å². The fourth-order valence-corrected chi connectivity index (χ4v) is 6.30. The van der Waals surface area contributed by atoms with E-state index >= 15 is 0 Å². The van der Waals surface area contributed by atoms with Gasteiger partial charge in [-0.05, 0) is 98.4 Å². The van der Waals surface area contributed by atoms with E-state index in [9.17, 15) is 0 Å². The van der Waals surface area contributed by atoms with Crippen molar-refractivity contribution in [2.45, 2.75) is 32.6 Å². The fraction of sp³-hybridized carbons (Fsp3) is 0.132. The summed E-state index contributed by atoms with van der Waals surface area (Å²) in [5.74, 6) is 1.13. The van der Waals surface area contributed by atoms with Gasteiger partial charge in [0.1, 0.15) is 0 Å². The maximum Gasteiger partial charge on any atom is 0.226 e. The summed E-state index contributed by atoms with van der Waals surface area (Å²) in [4.78, 5) is 14.0. The SMILES string of the molecule is CCc1cccc(-c2nc(Cl)nc(-c3cc(-c4ccccc4)cc(-c4ccc5c(c4)C(C)(C)c4ccccc4-5)c3)n2)c1. The second-order valence-electron chi connectivity index (χ2n) is 11.4. The van der Waals surface area contributed by atoms with Gasteiger partial charge >= 0.3 is 0 Å². The van der Waals surface area contributed by atoms with Crippen LogP contribution in [-0.2, 0) is 11.8 Å². The Hall–Kier alpha value is -4.60. The van der Waals surface area contributed by atoms with Gasteiger partial charge in [-0.1, -0.05) is 106 Å². The van der Waals surface area contributed by atoms with E-state index in [0.717, 1.165) is 39.8 Å². The maximum atomic E-state index is 6.51. The molecule has 0 aliphatic heterocycles. The van der Waals surface area contributed by atoms with Gasteiger partial charge < -0.3 is 0 Å². The summed E-state index contributed by atoms with van der Waals surface area (Å²) in [6.07, 6.45) is 0.935. The van der Waals surface area contributed by atoms with E-state index in [0.29, 0.717) is 11.6 Å². The number of hydrogen-bond donors (Lipinski definition) is 0. The van der Waals surface area contributed by atoms with Crippen molar-refractivity contribution in [1.82, 2.24) is 15.0 Å². The van der Waals surface area contributed by atoms with Crippen molar-refractivity contribution in [3.05, 3.63) is 137 Å². The second-order valence-corrected chi connectivity index (χ2v) is 11.7. The van der Waals surface area contributed by atoms with Crippen molar-refractivity contribution in [3.8, 4) is 56.2 Å². The van der Waals surface area contributed by atoms with E-state index < -0.39 is 0 Å². The van der Waals surface area contributed by atoms with Gasteiger partial charge in [-0.15, -0.1) is 0 Å². The molecule has 3 nitrogen and oxygen atoms in total. The average Bonchev–Trinajstić information content (AvgIpc) is 3.27. The molecule has 0 spiro atoms. The molecule has 0 saturated heterocycles. The van der Waals surface area contributed by atoms with E-state index in [-0.39, 0.29) is 10.7 Å². The monoisotopic (exact) mass is 563 g/mol. The van der Waals surface area contributed by atoms with Crippen LogP contribution in [0.25, 0.3) is 56.2 Å². The van der Waals surface area contributed by atoms with Gasteiger partial charge in [0.05, 0.1) is 0 Å². The van der Waals surface area contributed by atoms with Crippen LogP contribution in [0.4, 0.5) is 0 Å². The van der Waals surface area contributed by atoms with Crippen LogP contribution >= 0.6 is 11.6 Å². The van der Waals surface area contributed by atoms with Crippen LogP contribution < -0.4 is 0 Å². The first kappa shape index (κ1) is 26.3. The topological polar surface area (TPSA) is 38.7 Å². The Morgan fingerprint density at radius 3 is 1.95 bits per heavy atom. The summed E-state index contributed by atoms with van der Waals surface area (Å²) in [6.45, 7) is 6.77. The van der Waals surface area contributed by atoms with Gasteiger partial charge in [-0.3, -0.25) is 0 Å². The third kappa shape index (κ3) is 4.60. The van der Waals surface area contributed by atoms with Crippen molar-refractivity contribution in [2.75, 3.05) is 0 Å². The summed E-state index contributed by atoms with van der Waals surface area (Å²) in [5, 5.41) is 0.181. The van der Waals surface area contributed by atoms with Crippen LogP contribution in [0.3, 0.4) is 0 Å². The number of aromatic nitrogens is 3. The third-order valence-electron chi connectivity index (χ3n) is 8.42. The predicted octanol–water partition coefficient (Wildman–Crippen LogP) is 10.1. The van der Waals surface area contributed by atoms with Crippen LogP contribution in [0, 0.1) is 0 Å². The first-order valence-corrected chi connectivity index (χ1v) is 14.7. The number of nitrogens with zero attached hydrogens (tertiary/aromatic N) is 3. The van der Waals surface area contributed by atoms with Crippen molar-refractivity contribution in [1.29, 1.82) is 0 Å². The van der Waals surface area contributed by atoms with Gasteiger partial charge in [0.15, 0.2) is 11.6 Å². The largest absolute Gasteiger partial charge is 0.226 e. The Balaban J connectivity index is 1.39. The molecule has 0 atom stereocenters. The highest BCUT2D eigenvalue weighted by Crippen LogP contribution is 2.49. The van der Waals surface area contributed by atoms with Crippen LogP contribution in [-0.4, -0.2) is 15.0 Å². The minimum atomic E-state index is -0.0779. The molecule has 5 aromatic carbocycles. The zero-order valence-corrected chi connectivity index (χ0v) is 24.7. The van der Waals surface area contributed by atoms with E-state index in [1.807, 2.05) is 18.2 Å². The molecule has 1 aliphatic carbocycles. The van der Waals surface area contributed by atoms with Gasteiger partial charge in [0, 0.05) is 16.5 Å². The molecule has 1 heterocycles. The molecule has 0 fully saturated rings. The standard InChI is InChI=1S/C38H30ClN3/c1-4-24-11-10-14-27(19-24)35-40-36(42-37(39)41-35)30-21-28(25-12-6-5-7-13-25)20-29(22-30)26-17-18-32-31-15-8-9-16-33(31)38(2,3)34(32)23-26/h5-23H,4H2,1-3H3. The Labute approximate surface area is 251 Å². The molecule has 1 aromatic heterocycles. The summed E-state index contributed by atoms with van der Waals surface area (Å²) in [5.41, 5.74) is 12.8. The van der Waals surface area contributed by atoms with Crippen molar-refractivity contribution in [3.63, 3.8) is 0 Å². The molecule has 204 valence electrons. The summed E-state index contributed by atoms with van der Waals surface area (Å²) < 4.78 is 0. The van der Waals surface area contributed by atoms with Crippen LogP contribution in [0.1, 0.15) is 37.5 Å². The second kappa shape index (κ2) is 10.3. The minimum absolute atomic E-state index is 0.0779. The Bertz CT molecular complexity index is 1960. The number of hydrogen-bond acceptors (Lipinski definition) is 3. The first-order valence-electron chi connectivity index (χ1n) is 14.4. The fourth-order valence-electron chi connectivity index (χ4n) is 6.14. The smallest absolute Gasteiger partial charge is 0.208 e. The van der Waals surface area contributed by atoms with Gasteiger partial charge in [-0.25, -0.2) is 4.98 Å².